The Bertz CT molecular complexity index is 1020. The molecule has 0 spiro atoms. The van der Waals surface area contributed by atoms with Crippen molar-refractivity contribution < 1.29 is 23.6 Å². The number of benzene rings is 2. The third kappa shape index (κ3) is 5.08. The van der Waals surface area contributed by atoms with Crippen molar-refractivity contribution in [3.63, 3.8) is 0 Å². The minimum Gasteiger partial charge on any atom is -0.476 e. The molecule has 0 fully saturated rings. The molecule has 0 radical (unpaired) electrons. The quantitative estimate of drug-likeness (QED) is 0.319. The van der Waals surface area contributed by atoms with Crippen LogP contribution in [-0.2, 0) is 16.1 Å². The zero-order valence-corrected chi connectivity index (χ0v) is 16.3. The molecule has 0 N–H and O–H groups in total. The molecule has 10 heteroatoms. The minimum atomic E-state index is -1.25. The van der Waals surface area contributed by atoms with Gasteiger partial charge in [0.15, 0.2) is 12.2 Å². The van der Waals surface area contributed by atoms with Crippen LogP contribution in [0.3, 0.4) is 0 Å². The fourth-order valence-electron chi connectivity index (χ4n) is 2.29. The predicted octanol–water partition coefficient (Wildman–Crippen LogP) is 4.20. The normalized spacial score (nSPS) is 11.1. The first-order valence-corrected chi connectivity index (χ1v) is 8.81. The highest BCUT2D eigenvalue weighted by molar-refractivity contribution is 6.30. The summed E-state index contributed by atoms with van der Waals surface area (Å²) in [6, 6.07) is 12.2. The predicted molar refractivity (Wildman–Crippen MR) is 102 cm³/mol. The van der Waals surface area contributed by atoms with Gasteiger partial charge < -0.3 is 13.9 Å². The summed E-state index contributed by atoms with van der Waals surface area (Å²) in [5, 5.41) is 18.9. The van der Waals surface area contributed by atoms with Crippen LogP contribution in [0.25, 0.3) is 11.5 Å². The van der Waals surface area contributed by atoms with E-state index in [1.165, 1.54) is 24.3 Å². The zero-order valence-electron chi connectivity index (χ0n) is 15.5. The van der Waals surface area contributed by atoms with Gasteiger partial charge in [-0.1, -0.05) is 11.6 Å². The Morgan fingerprint density at radius 1 is 1.14 bits per heavy atom. The zero-order chi connectivity index (χ0) is 21.0. The van der Waals surface area contributed by atoms with Crippen molar-refractivity contribution in [1.29, 1.82) is 0 Å². The summed E-state index contributed by atoms with van der Waals surface area (Å²) in [7, 11) is 0. The van der Waals surface area contributed by atoms with Gasteiger partial charge in [0.25, 0.3) is 11.6 Å². The molecular formula is C19H16ClN3O6. The number of nitro benzene ring substituents is 1. The number of ether oxygens (including phenoxy) is 2. The van der Waals surface area contributed by atoms with Crippen LogP contribution in [-0.4, -0.2) is 26.7 Å². The summed E-state index contributed by atoms with van der Waals surface area (Å²) in [6.07, 6.45) is 0. The van der Waals surface area contributed by atoms with E-state index in [9.17, 15) is 14.9 Å². The van der Waals surface area contributed by atoms with Crippen molar-refractivity contribution in [2.45, 2.75) is 26.1 Å². The fourth-order valence-corrected chi connectivity index (χ4v) is 2.42. The van der Waals surface area contributed by atoms with Gasteiger partial charge >= 0.3 is 5.97 Å². The number of halogens is 1. The molecule has 3 rings (SSSR count). The first-order chi connectivity index (χ1) is 13.7. The number of rotatable bonds is 7. The Kier molecular flexibility index (Phi) is 5.79. The summed E-state index contributed by atoms with van der Waals surface area (Å²) < 4.78 is 16.3. The lowest BCUT2D eigenvalue weighted by Crippen LogP contribution is -2.39. The second-order valence-corrected chi connectivity index (χ2v) is 6.88. The second-order valence-electron chi connectivity index (χ2n) is 6.45. The number of aromatic nitrogens is 2. The topological polar surface area (TPSA) is 118 Å². The molecule has 0 aliphatic heterocycles. The third-order valence-electron chi connectivity index (χ3n) is 3.80. The highest BCUT2D eigenvalue weighted by atomic mass is 35.5. The maximum Gasteiger partial charge on any atom is 0.350 e. The number of carbonyl (C=O) groups is 1. The molecule has 29 heavy (non-hydrogen) atoms. The van der Waals surface area contributed by atoms with Crippen LogP contribution in [0.2, 0.25) is 5.02 Å². The highest BCUT2D eigenvalue weighted by Crippen LogP contribution is 2.23. The third-order valence-corrected chi connectivity index (χ3v) is 4.05. The second kappa shape index (κ2) is 8.27. The Balaban J connectivity index is 1.60. The number of hydrogen-bond acceptors (Lipinski definition) is 8. The lowest BCUT2D eigenvalue weighted by molar-refractivity contribution is -0.384. The molecule has 0 saturated carbocycles. The molecule has 0 bridgehead atoms. The molecule has 150 valence electrons. The average molecular weight is 418 g/mol. The minimum absolute atomic E-state index is 0.0506. The SMILES string of the molecule is CC(C)(Oc1ccc(Cl)cc1)C(=O)OCc1nnc(-c2ccc([N+](=O)[O-])cc2)o1. The van der Waals surface area contributed by atoms with Crippen LogP contribution < -0.4 is 4.74 Å². The van der Waals surface area contributed by atoms with E-state index in [-0.39, 0.29) is 24.1 Å². The van der Waals surface area contributed by atoms with Gasteiger partial charge in [-0.05, 0) is 50.2 Å². The molecule has 9 nitrogen and oxygen atoms in total. The molecule has 0 saturated heterocycles. The van der Waals surface area contributed by atoms with E-state index in [0.29, 0.717) is 16.3 Å². The molecule has 0 unspecified atom stereocenters. The monoisotopic (exact) mass is 417 g/mol. The van der Waals surface area contributed by atoms with Crippen LogP contribution in [0.15, 0.2) is 52.9 Å². The van der Waals surface area contributed by atoms with E-state index in [1.54, 1.807) is 38.1 Å². The highest BCUT2D eigenvalue weighted by Gasteiger charge is 2.32. The summed E-state index contributed by atoms with van der Waals surface area (Å²) in [6.45, 7) is 2.90. The van der Waals surface area contributed by atoms with Gasteiger partial charge in [0.1, 0.15) is 5.75 Å². The van der Waals surface area contributed by atoms with Gasteiger partial charge in [-0.25, -0.2) is 4.79 Å². The summed E-state index contributed by atoms with van der Waals surface area (Å²) in [5.41, 5.74) is -0.799. The van der Waals surface area contributed by atoms with Crippen LogP contribution in [0.1, 0.15) is 19.7 Å². The van der Waals surface area contributed by atoms with E-state index >= 15 is 0 Å². The van der Waals surface area contributed by atoms with E-state index in [1.807, 2.05) is 0 Å². The molecule has 0 aliphatic carbocycles. The number of carbonyl (C=O) groups excluding carboxylic acids is 1. The lowest BCUT2D eigenvalue weighted by atomic mass is 10.1. The van der Waals surface area contributed by atoms with Gasteiger partial charge in [0.2, 0.25) is 5.89 Å². The molecular weight excluding hydrogens is 402 g/mol. The fraction of sp³-hybridized carbons (Fsp3) is 0.211. The van der Waals surface area contributed by atoms with Crippen molar-refractivity contribution in [3.8, 4) is 17.2 Å². The Labute approximate surface area is 170 Å². The van der Waals surface area contributed by atoms with Crippen molar-refractivity contribution in [2.75, 3.05) is 0 Å². The van der Waals surface area contributed by atoms with E-state index < -0.39 is 16.5 Å². The molecule has 0 aliphatic rings. The molecule has 1 heterocycles. The molecule has 0 amide bonds. The van der Waals surface area contributed by atoms with Crippen LogP contribution in [0, 0.1) is 10.1 Å². The smallest absolute Gasteiger partial charge is 0.350 e. The van der Waals surface area contributed by atoms with Gasteiger partial charge in [-0.2, -0.15) is 0 Å². The maximum atomic E-state index is 12.4. The largest absolute Gasteiger partial charge is 0.476 e. The number of non-ortho nitro benzene ring substituents is 1. The van der Waals surface area contributed by atoms with E-state index in [2.05, 4.69) is 10.2 Å². The van der Waals surface area contributed by atoms with Crippen LogP contribution in [0.4, 0.5) is 5.69 Å². The van der Waals surface area contributed by atoms with Crippen molar-refractivity contribution in [3.05, 3.63) is 69.6 Å². The lowest BCUT2D eigenvalue weighted by Gasteiger charge is -2.24. The van der Waals surface area contributed by atoms with Gasteiger partial charge in [-0.3, -0.25) is 10.1 Å². The number of nitrogens with zero attached hydrogens (tertiary/aromatic N) is 3. The molecule has 1 aromatic heterocycles. The number of hydrogen-bond donors (Lipinski definition) is 0. The number of nitro groups is 1. The van der Waals surface area contributed by atoms with Crippen LogP contribution >= 0.6 is 11.6 Å². The molecule has 0 atom stereocenters. The Morgan fingerprint density at radius 2 is 1.79 bits per heavy atom. The van der Waals surface area contributed by atoms with E-state index in [4.69, 9.17) is 25.5 Å². The number of esters is 1. The van der Waals surface area contributed by atoms with Crippen molar-refractivity contribution >= 4 is 23.3 Å². The van der Waals surface area contributed by atoms with Gasteiger partial charge in [0.05, 0.1) is 4.92 Å². The first-order valence-electron chi connectivity index (χ1n) is 8.43. The van der Waals surface area contributed by atoms with Gasteiger partial charge in [0, 0.05) is 22.7 Å². The average Bonchev–Trinajstić information content (AvgIpc) is 3.17. The van der Waals surface area contributed by atoms with Crippen molar-refractivity contribution in [1.82, 2.24) is 10.2 Å². The Hall–Kier alpha value is -3.46. The van der Waals surface area contributed by atoms with E-state index in [0.717, 1.165) is 0 Å². The standard InChI is InChI=1S/C19H16ClN3O6/c1-19(2,29-15-9-5-13(20)6-10-15)18(24)27-11-16-21-22-17(28-16)12-3-7-14(8-4-12)23(25)26/h3-10H,11H2,1-2H3. The molecule has 3 aromatic rings. The summed E-state index contributed by atoms with van der Waals surface area (Å²) >= 11 is 5.83. The first kappa shape index (κ1) is 20.3. The summed E-state index contributed by atoms with van der Waals surface area (Å²) in [4.78, 5) is 22.6. The molecule has 2 aromatic carbocycles. The Morgan fingerprint density at radius 3 is 2.41 bits per heavy atom. The van der Waals surface area contributed by atoms with Gasteiger partial charge in [-0.15, -0.1) is 10.2 Å². The van der Waals surface area contributed by atoms with Crippen molar-refractivity contribution in [2.24, 2.45) is 0 Å². The maximum absolute atomic E-state index is 12.4. The summed E-state index contributed by atoms with van der Waals surface area (Å²) in [5.74, 6) is 0.0775. The van der Waals surface area contributed by atoms with Crippen LogP contribution in [0.5, 0.6) is 5.75 Å².